The molecule has 0 radical (unpaired) electrons. The van der Waals surface area contributed by atoms with Crippen molar-refractivity contribution in [2.75, 3.05) is 6.61 Å². The maximum Gasteiger partial charge on any atom is 0.310 e. The fraction of sp³-hybridized carbons (Fsp3) is 0.412. The molecule has 0 aliphatic heterocycles. The number of rotatable bonds is 6. The van der Waals surface area contributed by atoms with Crippen LogP contribution in [-0.4, -0.2) is 26.9 Å². The molecular formula is C17H20N2O5S. The molecule has 1 amide bonds. The molecule has 25 heavy (non-hydrogen) atoms. The van der Waals surface area contributed by atoms with E-state index in [1.54, 1.807) is 12.1 Å². The number of ether oxygens (including phenoxy) is 1. The minimum atomic E-state index is -3.73. The summed E-state index contributed by atoms with van der Waals surface area (Å²) in [5.41, 5.74) is 0.713. The molecular weight excluding hydrogens is 344 g/mol. The molecule has 1 aromatic carbocycles. The topological polar surface area (TPSA) is 116 Å². The first-order chi connectivity index (χ1) is 11.8. The van der Waals surface area contributed by atoms with Crippen LogP contribution >= 0.6 is 0 Å². The Balaban J connectivity index is 1.42. The molecule has 0 spiro atoms. The highest BCUT2D eigenvalue weighted by Crippen LogP contribution is 2.43. The minimum Gasteiger partial charge on any atom is -0.455 e. The Labute approximate surface area is 146 Å². The highest BCUT2D eigenvalue weighted by Gasteiger charge is 2.40. The molecule has 1 aromatic rings. The van der Waals surface area contributed by atoms with Gasteiger partial charge in [-0.3, -0.25) is 9.59 Å². The van der Waals surface area contributed by atoms with Crippen LogP contribution in [0.4, 0.5) is 0 Å². The number of primary sulfonamides is 1. The minimum absolute atomic E-state index is 0.0106. The van der Waals surface area contributed by atoms with E-state index in [2.05, 4.69) is 17.5 Å². The van der Waals surface area contributed by atoms with Crippen LogP contribution in [-0.2, 0) is 30.9 Å². The van der Waals surface area contributed by atoms with Crippen LogP contribution in [0, 0.1) is 17.8 Å². The first kappa shape index (κ1) is 17.6. The quantitative estimate of drug-likeness (QED) is 0.570. The van der Waals surface area contributed by atoms with E-state index in [1.165, 1.54) is 12.1 Å². The van der Waals surface area contributed by atoms with Crippen LogP contribution in [0.25, 0.3) is 0 Å². The van der Waals surface area contributed by atoms with Crippen molar-refractivity contribution in [2.24, 2.45) is 22.9 Å². The maximum atomic E-state index is 12.0. The van der Waals surface area contributed by atoms with Gasteiger partial charge in [0.05, 0.1) is 10.8 Å². The van der Waals surface area contributed by atoms with Gasteiger partial charge in [-0.2, -0.15) is 0 Å². The van der Waals surface area contributed by atoms with Gasteiger partial charge in [0.1, 0.15) is 0 Å². The van der Waals surface area contributed by atoms with Gasteiger partial charge in [0.15, 0.2) is 6.61 Å². The van der Waals surface area contributed by atoms with Gasteiger partial charge in [0, 0.05) is 6.54 Å². The summed E-state index contributed by atoms with van der Waals surface area (Å²) in [6, 6.07) is 5.88. The number of sulfonamides is 1. The third-order valence-corrected chi connectivity index (χ3v) is 5.60. The molecule has 2 bridgehead atoms. The smallest absolute Gasteiger partial charge is 0.310 e. The van der Waals surface area contributed by atoms with E-state index >= 15 is 0 Å². The van der Waals surface area contributed by atoms with Crippen LogP contribution in [0.3, 0.4) is 0 Å². The molecule has 0 aromatic heterocycles. The predicted molar refractivity (Wildman–Crippen MR) is 89.5 cm³/mol. The van der Waals surface area contributed by atoms with E-state index in [4.69, 9.17) is 9.88 Å². The van der Waals surface area contributed by atoms with E-state index in [0.717, 1.165) is 12.8 Å². The summed E-state index contributed by atoms with van der Waals surface area (Å²) in [7, 11) is -3.73. The number of nitrogens with two attached hydrogens (primary N) is 1. The van der Waals surface area contributed by atoms with E-state index in [9.17, 15) is 18.0 Å². The predicted octanol–water partition coefficient (Wildman–Crippen LogP) is 0.706. The summed E-state index contributed by atoms with van der Waals surface area (Å²) in [5, 5.41) is 7.65. The molecule has 0 saturated heterocycles. The molecule has 1 saturated carbocycles. The monoisotopic (exact) mass is 364 g/mol. The summed E-state index contributed by atoms with van der Waals surface area (Å²) in [5.74, 6) is -0.129. The van der Waals surface area contributed by atoms with E-state index in [0.29, 0.717) is 11.5 Å². The Hall–Kier alpha value is -2.19. The zero-order valence-corrected chi connectivity index (χ0v) is 14.4. The summed E-state index contributed by atoms with van der Waals surface area (Å²) in [4.78, 5) is 23.9. The fourth-order valence-electron chi connectivity index (χ4n) is 3.34. The third-order valence-electron chi connectivity index (χ3n) is 4.67. The van der Waals surface area contributed by atoms with Crippen molar-refractivity contribution in [3.8, 4) is 0 Å². The number of hydrogen-bond acceptors (Lipinski definition) is 5. The third kappa shape index (κ3) is 4.26. The highest BCUT2D eigenvalue weighted by molar-refractivity contribution is 7.89. The van der Waals surface area contributed by atoms with Crippen molar-refractivity contribution < 1.29 is 22.7 Å². The Bertz CT molecular complexity index is 801. The first-order valence-electron chi connectivity index (χ1n) is 8.06. The number of allylic oxidation sites excluding steroid dienone is 2. The number of hydrogen-bond donors (Lipinski definition) is 2. The number of benzene rings is 1. The van der Waals surface area contributed by atoms with Gasteiger partial charge in [-0.15, -0.1) is 0 Å². The zero-order valence-electron chi connectivity index (χ0n) is 13.6. The lowest BCUT2D eigenvalue weighted by molar-refractivity contribution is -0.153. The van der Waals surface area contributed by atoms with Crippen molar-refractivity contribution in [3.05, 3.63) is 42.0 Å². The molecule has 3 rings (SSSR count). The standard InChI is InChI=1S/C17H20N2O5S/c18-25(22,23)14-5-2-11(3-6-14)9-19-16(20)10-24-17(21)15-8-12-1-4-13(15)7-12/h1-6,12-13,15H,7-10H2,(H,19,20)(H2,18,22,23)/t12-,13-,15+/m0/s1. The van der Waals surface area contributed by atoms with E-state index in [1.807, 2.05) is 0 Å². The van der Waals surface area contributed by atoms with Gasteiger partial charge in [0.25, 0.3) is 5.91 Å². The SMILES string of the molecule is NS(=O)(=O)c1ccc(CNC(=O)COC(=O)[C@@H]2C[C@H]3C=C[C@H]2C3)cc1. The lowest BCUT2D eigenvalue weighted by atomic mass is 9.94. The first-order valence-corrected chi connectivity index (χ1v) is 9.61. The molecule has 0 unspecified atom stereocenters. The molecule has 3 N–H and O–H groups in total. The van der Waals surface area contributed by atoms with E-state index < -0.39 is 15.9 Å². The van der Waals surface area contributed by atoms with Crippen LogP contribution in [0.1, 0.15) is 18.4 Å². The van der Waals surface area contributed by atoms with E-state index in [-0.39, 0.29) is 35.9 Å². The van der Waals surface area contributed by atoms with Crippen molar-refractivity contribution in [1.29, 1.82) is 0 Å². The lowest BCUT2D eigenvalue weighted by Gasteiger charge is -2.16. The Kier molecular flexibility index (Phi) is 4.91. The molecule has 0 heterocycles. The summed E-state index contributed by atoms with van der Waals surface area (Å²) in [6.07, 6.45) is 6.01. The normalized spacial score (nSPS) is 24.3. The van der Waals surface area contributed by atoms with Crippen molar-refractivity contribution >= 4 is 21.9 Å². The second kappa shape index (κ2) is 6.97. The number of carbonyl (C=O) groups is 2. The summed E-state index contributed by atoms with van der Waals surface area (Å²) in [6.45, 7) is -0.107. The summed E-state index contributed by atoms with van der Waals surface area (Å²) >= 11 is 0. The average molecular weight is 364 g/mol. The van der Waals surface area contributed by atoms with Gasteiger partial charge >= 0.3 is 5.97 Å². The number of carbonyl (C=O) groups excluding carboxylic acids is 2. The van der Waals surface area contributed by atoms with Gasteiger partial charge in [0.2, 0.25) is 10.0 Å². The molecule has 7 nitrogen and oxygen atoms in total. The summed E-state index contributed by atoms with van der Waals surface area (Å²) < 4.78 is 27.5. The van der Waals surface area contributed by atoms with Gasteiger partial charge in [-0.1, -0.05) is 24.3 Å². The van der Waals surface area contributed by atoms with Crippen LogP contribution in [0.5, 0.6) is 0 Å². The van der Waals surface area contributed by atoms with Crippen molar-refractivity contribution in [1.82, 2.24) is 5.32 Å². The molecule has 8 heteroatoms. The Morgan fingerprint density at radius 1 is 1.16 bits per heavy atom. The van der Waals surface area contributed by atoms with Crippen LogP contribution in [0.15, 0.2) is 41.3 Å². The lowest BCUT2D eigenvalue weighted by Crippen LogP contribution is -2.30. The fourth-order valence-corrected chi connectivity index (χ4v) is 3.86. The number of nitrogens with one attached hydrogen (secondary N) is 1. The second-order valence-electron chi connectivity index (χ2n) is 6.46. The molecule has 2 aliphatic carbocycles. The largest absolute Gasteiger partial charge is 0.455 e. The highest BCUT2D eigenvalue weighted by atomic mass is 32.2. The van der Waals surface area contributed by atoms with Crippen molar-refractivity contribution in [3.63, 3.8) is 0 Å². The van der Waals surface area contributed by atoms with Gasteiger partial charge in [-0.25, -0.2) is 13.6 Å². The Morgan fingerprint density at radius 2 is 1.88 bits per heavy atom. The number of fused-ring (bicyclic) bond motifs is 2. The number of esters is 1. The maximum absolute atomic E-state index is 12.0. The molecule has 2 aliphatic rings. The van der Waals surface area contributed by atoms with Gasteiger partial charge in [-0.05, 0) is 42.4 Å². The molecule has 3 atom stereocenters. The van der Waals surface area contributed by atoms with Crippen LogP contribution < -0.4 is 10.5 Å². The van der Waals surface area contributed by atoms with Crippen LogP contribution in [0.2, 0.25) is 0 Å². The Morgan fingerprint density at radius 3 is 2.44 bits per heavy atom. The average Bonchev–Trinajstić information content (AvgIpc) is 3.20. The van der Waals surface area contributed by atoms with Crippen molar-refractivity contribution in [2.45, 2.75) is 24.3 Å². The molecule has 134 valence electrons. The number of amides is 1. The second-order valence-corrected chi connectivity index (χ2v) is 8.02. The van der Waals surface area contributed by atoms with Gasteiger partial charge < -0.3 is 10.1 Å². The molecule has 1 fully saturated rings. The zero-order chi connectivity index (χ0) is 18.0.